The van der Waals surface area contributed by atoms with E-state index in [0.29, 0.717) is 13.2 Å². The Bertz CT molecular complexity index is 1490. The van der Waals surface area contributed by atoms with Gasteiger partial charge in [-0.25, -0.2) is 8.42 Å². The summed E-state index contributed by atoms with van der Waals surface area (Å²) >= 11 is 3.24. The van der Waals surface area contributed by atoms with E-state index in [1.54, 1.807) is 47.0 Å². The predicted molar refractivity (Wildman–Crippen MR) is 162 cm³/mol. The van der Waals surface area contributed by atoms with Crippen molar-refractivity contribution in [3.8, 4) is 23.0 Å². The molecule has 2 aliphatic heterocycles. The van der Waals surface area contributed by atoms with Gasteiger partial charge in [0, 0.05) is 16.1 Å². The highest BCUT2D eigenvalue weighted by molar-refractivity contribution is 7.86. The lowest BCUT2D eigenvalue weighted by atomic mass is 10.2. The van der Waals surface area contributed by atoms with E-state index in [0.717, 1.165) is 47.3 Å². The van der Waals surface area contributed by atoms with Crippen LogP contribution in [0.4, 0.5) is 0 Å². The summed E-state index contributed by atoms with van der Waals surface area (Å²) in [5, 5.41) is 7.90. The number of ether oxygens (including phenoxy) is 4. The molecule has 0 aliphatic carbocycles. The van der Waals surface area contributed by atoms with E-state index >= 15 is 0 Å². The van der Waals surface area contributed by atoms with E-state index in [2.05, 4.69) is 17.9 Å². The van der Waals surface area contributed by atoms with E-state index in [4.69, 9.17) is 18.8 Å². The molecule has 4 aromatic rings. The van der Waals surface area contributed by atoms with Gasteiger partial charge in [0.15, 0.2) is 18.1 Å². The maximum atomic E-state index is 10.6. The van der Waals surface area contributed by atoms with Crippen molar-refractivity contribution in [2.75, 3.05) is 26.4 Å². The molecule has 0 fully saturated rings. The van der Waals surface area contributed by atoms with Crippen molar-refractivity contribution in [1.82, 2.24) is 0 Å². The monoisotopic (exact) mass is 652 g/mol. The van der Waals surface area contributed by atoms with Crippen LogP contribution in [0.1, 0.15) is 11.1 Å². The Hall–Kier alpha value is -3.66. The summed E-state index contributed by atoms with van der Waals surface area (Å²) in [6.07, 6.45) is 3.16. The summed E-state index contributed by atoms with van der Waals surface area (Å²) < 4.78 is 81.1. The highest BCUT2D eigenvalue weighted by atomic mass is 32.2. The van der Waals surface area contributed by atoms with Gasteiger partial charge >= 0.3 is 5.75 Å². The van der Waals surface area contributed by atoms with Gasteiger partial charge < -0.3 is 23.5 Å². The average Bonchev–Trinajstić information content (AvgIpc) is 3.67. The summed E-state index contributed by atoms with van der Waals surface area (Å²) in [4.78, 5) is -0.318. The normalized spacial score (nSPS) is 13.0. The first-order chi connectivity index (χ1) is 20.0. The number of benzene rings is 2. The highest BCUT2D eigenvalue weighted by Crippen LogP contribution is 2.34. The lowest BCUT2D eigenvalue weighted by molar-refractivity contribution is 0.0115. The van der Waals surface area contributed by atoms with E-state index in [1.165, 1.54) is 36.4 Å². The van der Waals surface area contributed by atoms with Crippen LogP contribution < -0.4 is 14.2 Å². The lowest BCUT2D eigenvalue weighted by Gasteiger charge is -2.13. The van der Waals surface area contributed by atoms with Crippen LogP contribution in [0, 0.1) is 0 Å². The predicted octanol–water partition coefficient (Wildman–Crippen LogP) is 5.71. The molecular formula is C28H28O10S4. The number of hydrogen-bond acceptors (Lipinski definition) is 10. The van der Waals surface area contributed by atoms with Gasteiger partial charge in [-0.2, -0.15) is 8.42 Å². The Balaban J connectivity index is 0.000000155. The molecule has 42 heavy (non-hydrogen) atoms. The molecular weight excluding hydrogens is 625 g/mol. The topological polar surface area (TPSA) is 152 Å². The zero-order chi connectivity index (χ0) is 30.6. The molecule has 0 bridgehead atoms. The molecule has 2 aliphatic rings. The van der Waals surface area contributed by atoms with Crippen molar-refractivity contribution in [3.63, 3.8) is 0 Å². The third kappa shape index (κ3) is 10.3. The zero-order valence-electron chi connectivity index (χ0n) is 22.1. The molecule has 0 spiro atoms. The summed E-state index contributed by atoms with van der Waals surface area (Å²) in [5.74, 6) is 3.76. The number of thiophene rings is 2. The maximum Gasteiger partial charge on any atom is 0.308 e. The fourth-order valence-electron chi connectivity index (χ4n) is 3.16. The third-order valence-electron chi connectivity index (χ3n) is 5.25. The minimum atomic E-state index is -4.31. The third-order valence-corrected chi connectivity index (χ3v) is 8.38. The number of rotatable bonds is 4. The second kappa shape index (κ2) is 15.5. The fraction of sp³-hybridized carbons (Fsp3) is 0.143. The molecule has 0 radical (unpaired) electrons. The average molecular weight is 653 g/mol. The van der Waals surface area contributed by atoms with Crippen LogP contribution in [0.3, 0.4) is 0 Å². The molecule has 6 rings (SSSR count). The lowest BCUT2D eigenvalue weighted by Crippen LogP contribution is -2.13. The molecule has 0 unspecified atom stereocenters. The van der Waals surface area contributed by atoms with Crippen molar-refractivity contribution in [2.45, 2.75) is 9.79 Å². The Morgan fingerprint density at radius 2 is 1.17 bits per heavy atom. The van der Waals surface area contributed by atoms with Crippen LogP contribution in [0.2, 0.25) is 0 Å². The minimum Gasteiger partial charge on any atom is -0.744 e. The standard InChI is InChI=1S/2C8H8O3S.2C6H6O2S/c2*1-2-7-3-5-8(6-4-7)12(9,10)11;2*1-2-8-6-4-9-3-5(6)7-1/h2*2-6H,1H2,(H,9,10,11);2*3-4H,1-2H2. The van der Waals surface area contributed by atoms with Gasteiger partial charge in [0.2, 0.25) is 12.4 Å². The summed E-state index contributed by atoms with van der Waals surface area (Å²) in [6, 6.07) is 11.4. The van der Waals surface area contributed by atoms with Crippen LogP contribution in [-0.2, 0) is 20.2 Å². The number of hydrogen-bond donors (Lipinski definition) is 1. The van der Waals surface area contributed by atoms with Crippen molar-refractivity contribution in [3.05, 3.63) is 94.3 Å². The smallest absolute Gasteiger partial charge is 0.308 e. The maximum absolute atomic E-state index is 10.6. The van der Waals surface area contributed by atoms with Gasteiger partial charge in [-0.05, 0) is 35.4 Å². The molecule has 2 N–H and O–H groups in total. The largest absolute Gasteiger partial charge is 0.744 e. The van der Waals surface area contributed by atoms with Gasteiger partial charge in [-0.1, -0.05) is 49.6 Å². The Morgan fingerprint density at radius 1 is 0.714 bits per heavy atom. The first-order valence-corrected chi connectivity index (χ1v) is 16.8. The Kier molecular flexibility index (Phi) is 12.2. The minimum absolute atomic E-state index is 0.104. The van der Waals surface area contributed by atoms with Gasteiger partial charge in [0.25, 0.3) is 10.1 Å². The summed E-state index contributed by atoms with van der Waals surface area (Å²) in [5.41, 5.74) is 1.59. The number of aromatic hydroxyl groups is 1. The highest BCUT2D eigenvalue weighted by Gasteiger charge is 2.15. The summed E-state index contributed by atoms with van der Waals surface area (Å²) in [7, 11) is -8.37. The molecule has 0 saturated heterocycles. The van der Waals surface area contributed by atoms with Gasteiger partial charge in [-0.15, -0.1) is 22.7 Å². The van der Waals surface area contributed by atoms with Crippen molar-refractivity contribution >= 4 is 55.1 Å². The number of aliphatic hydroxyl groups is 1. The Labute approximate surface area is 252 Å². The molecule has 224 valence electrons. The quantitative estimate of drug-likeness (QED) is 0.216. The van der Waals surface area contributed by atoms with E-state index < -0.39 is 20.2 Å². The van der Waals surface area contributed by atoms with E-state index in [1.807, 2.05) is 21.5 Å². The molecule has 0 amide bonds. The molecule has 4 heterocycles. The van der Waals surface area contributed by atoms with E-state index in [-0.39, 0.29) is 9.79 Å². The van der Waals surface area contributed by atoms with Crippen molar-refractivity contribution in [1.29, 1.82) is 0 Å². The SMILES string of the molecule is C=Cc1ccc(S(=O)(=O)O)cc1.C=Cc1ccc(S(=O)(=O)[O-])cc1.c1scc2c1OCCO2.c1scc2c1OCC[OH+]2. The molecule has 2 aromatic heterocycles. The molecule has 14 heteroatoms. The van der Waals surface area contributed by atoms with E-state index in [9.17, 15) is 21.4 Å². The van der Waals surface area contributed by atoms with Crippen molar-refractivity contribution in [2.24, 2.45) is 0 Å². The second-order valence-electron chi connectivity index (χ2n) is 8.12. The van der Waals surface area contributed by atoms with Gasteiger partial charge in [-0.3, -0.25) is 4.55 Å². The number of fused-ring (bicyclic) bond motifs is 2. The van der Waals surface area contributed by atoms with Crippen LogP contribution >= 0.6 is 22.7 Å². The molecule has 2 aromatic carbocycles. The van der Waals surface area contributed by atoms with Crippen LogP contribution in [0.5, 0.6) is 23.0 Å². The van der Waals surface area contributed by atoms with Crippen LogP contribution in [0.15, 0.2) is 93.0 Å². The first kappa shape index (κ1) is 32.8. The van der Waals surface area contributed by atoms with Crippen molar-refractivity contribution < 1.29 is 44.9 Å². The van der Waals surface area contributed by atoms with Crippen LogP contribution in [-0.4, -0.2) is 57.1 Å². The van der Waals surface area contributed by atoms with Gasteiger partial charge in [0.05, 0.1) is 15.2 Å². The molecule has 0 saturated carbocycles. The zero-order valence-corrected chi connectivity index (χ0v) is 25.4. The second-order valence-corrected chi connectivity index (χ2v) is 12.4. The fourth-order valence-corrected chi connectivity index (χ4v) is 5.49. The van der Waals surface area contributed by atoms with Crippen LogP contribution in [0.25, 0.3) is 12.2 Å². The van der Waals surface area contributed by atoms with Gasteiger partial charge in [0.1, 0.15) is 23.3 Å². The molecule has 10 nitrogen and oxygen atoms in total. The molecule has 0 atom stereocenters. The Morgan fingerprint density at radius 3 is 1.62 bits per heavy atom. The first-order valence-electron chi connectivity index (χ1n) is 12.1. The summed E-state index contributed by atoms with van der Waals surface area (Å²) in [6.45, 7) is 9.92.